The van der Waals surface area contributed by atoms with Gasteiger partial charge in [0.2, 0.25) is 15.9 Å². The van der Waals surface area contributed by atoms with Crippen molar-refractivity contribution in [1.82, 2.24) is 4.31 Å². The monoisotopic (exact) mass is 460 g/mol. The van der Waals surface area contributed by atoms with E-state index in [2.05, 4.69) is 5.32 Å². The van der Waals surface area contributed by atoms with E-state index in [1.807, 2.05) is 6.92 Å². The smallest absolute Gasteiger partial charge is 0.243 e. The molecule has 31 heavy (non-hydrogen) atoms. The van der Waals surface area contributed by atoms with Crippen molar-refractivity contribution in [3.63, 3.8) is 0 Å². The van der Waals surface area contributed by atoms with E-state index in [1.54, 1.807) is 43.3 Å². The van der Waals surface area contributed by atoms with Crippen LogP contribution in [-0.4, -0.2) is 25.2 Å². The highest BCUT2D eigenvalue weighted by Crippen LogP contribution is 2.22. The predicted molar refractivity (Wildman–Crippen MR) is 120 cm³/mol. The quantitative estimate of drug-likeness (QED) is 0.544. The Morgan fingerprint density at radius 3 is 2.39 bits per heavy atom. The highest BCUT2D eigenvalue weighted by atomic mass is 35.5. The summed E-state index contributed by atoms with van der Waals surface area (Å²) >= 11 is 6.00. The number of halogens is 2. The summed E-state index contributed by atoms with van der Waals surface area (Å²) in [4.78, 5) is 12.8. The van der Waals surface area contributed by atoms with Gasteiger partial charge in [0, 0.05) is 22.8 Å². The van der Waals surface area contributed by atoms with Crippen molar-refractivity contribution in [2.24, 2.45) is 0 Å². The number of nitrogens with zero attached hydrogens (tertiary/aromatic N) is 1. The molecule has 0 unspecified atom stereocenters. The van der Waals surface area contributed by atoms with E-state index >= 15 is 0 Å². The number of sulfonamides is 1. The van der Waals surface area contributed by atoms with Crippen LogP contribution in [0.4, 0.5) is 10.1 Å². The van der Waals surface area contributed by atoms with Crippen LogP contribution in [0.25, 0.3) is 0 Å². The molecule has 162 valence electrons. The number of carbonyl (C=O) groups excluding carboxylic acids is 1. The molecule has 3 rings (SSSR count). The van der Waals surface area contributed by atoms with E-state index in [9.17, 15) is 17.6 Å². The number of amides is 1. The summed E-state index contributed by atoms with van der Waals surface area (Å²) in [6.45, 7) is 2.86. The summed E-state index contributed by atoms with van der Waals surface area (Å²) in [7, 11) is -4.06. The minimum Gasteiger partial charge on any atom is -0.325 e. The van der Waals surface area contributed by atoms with E-state index in [0.29, 0.717) is 10.7 Å². The largest absolute Gasteiger partial charge is 0.325 e. The van der Waals surface area contributed by atoms with E-state index in [-0.39, 0.29) is 17.0 Å². The van der Waals surface area contributed by atoms with Gasteiger partial charge in [0.15, 0.2) is 0 Å². The number of aryl methyl sites for hydroxylation is 2. The average Bonchev–Trinajstić information content (AvgIpc) is 2.72. The molecule has 8 heteroatoms. The SMILES string of the molecule is Cc1ccc(S(=O)(=O)N(CC(=O)Nc2cc(Cl)ccc2C)Cc2ccccc2F)cc1. The zero-order valence-electron chi connectivity index (χ0n) is 17.1. The molecule has 0 heterocycles. The van der Waals surface area contributed by atoms with Gasteiger partial charge in [-0.2, -0.15) is 4.31 Å². The van der Waals surface area contributed by atoms with Crippen molar-refractivity contribution >= 4 is 33.2 Å². The topological polar surface area (TPSA) is 66.5 Å². The second-order valence-corrected chi connectivity index (χ2v) is 9.56. The first kappa shape index (κ1) is 22.9. The Kier molecular flexibility index (Phi) is 7.10. The standard InChI is InChI=1S/C23H22ClFN2O3S/c1-16-7-11-20(12-8-16)31(29,30)27(14-18-5-3-4-6-21(18)25)15-23(28)26-22-13-19(24)10-9-17(22)2/h3-13H,14-15H2,1-2H3,(H,26,28). The molecule has 0 aliphatic carbocycles. The summed E-state index contributed by atoms with van der Waals surface area (Å²) in [6.07, 6.45) is 0. The molecule has 3 aromatic carbocycles. The van der Waals surface area contributed by atoms with Crippen LogP contribution in [0.2, 0.25) is 5.02 Å². The fraction of sp³-hybridized carbons (Fsp3) is 0.174. The number of benzene rings is 3. The van der Waals surface area contributed by atoms with Crippen LogP contribution in [0.1, 0.15) is 16.7 Å². The first-order chi connectivity index (χ1) is 14.7. The first-order valence-electron chi connectivity index (χ1n) is 9.53. The van der Waals surface area contributed by atoms with Crippen molar-refractivity contribution in [3.8, 4) is 0 Å². The molecule has 0 aliphatic heterocycles. The first-order valence-corrected chi connectivity index (χ1v) is 11.3. The van der Waals surface area contributed by atoms with Gasteiger partial charge in [-0.3, -0.25) is 4.79 Å². The minimum absolute atomic E-state index is 0.0289. The molecule has 0 aliphatic rings. The maximum absolute atomic E-state index is 14.2. The second-order valence-electron chi connectivity index (χ2n) is 7.18. The summed E-state index contributed by atoms with van der Waals surface area (Å²) < 4.78 is 41.7. The molecule has 0 bridgehead atoms. The van der Waals surface area contributed by atoms with E-state index in [4.69, 9.17) is 11.6 Å². The van der Waals surface area contributed by atoms with Crippen LogP contribution in [0.15, 0.2) is 71.6 Å². The number of hydrogen-bond acceptors (Lipinski definition) is 3. The number of rotatable bonds is 7. The van der Waals surface area contributed by atoms with Gasteiger partial charge in [0.1, 0.15) is 5.82 Å². The van der Waals surface area contributed by atoms with Gasteiger partial charge in [0.25, 0.3) is 0 Å². The highest BCUT2D eigenvalue weighted by molar-refractivity contribution is 7.89. The normalized spacial score (nSPS) is 11.5. The van der Waals surface area contributed by atoms with Crippen molar-refractivity contribution in [2.45, 2.75) is 25.3 Å². The highest BCUT2D eigenvalue weighted by Gasteiger charge is 2.28. The fourth-order valence-corrected chi connectivity index (χ4v) is 4.53. The van der Waals surface area contributed by atoms with Crippen LogP contribution in [0, 0.1) is 19.7 Å². The molecular formula is C23H22ClFN2O3S. The van der Waals surface area contributed by atoms with Gasteiger partial charge in [0.05, 0.1) is 11.4 Å². The Hall–Kier alpha value is -2.74. The van der Waals surface area contributed by atoms with E-state index in [0.717, 1.165) is 15.4 Å². The molecule has 1 N–H and O–H groups in total. The third-order valence-corrected chi connectivity index (χ3v) is 6.80. The summed E-state index contributed by atoms with van der Waals surface area (Å²) in [6, 6.07) is 17.2. The summed E-state index contributed by atoms with van der Waals surface area (Å²) in [5.41, 5.74) is 2.33. The Labute approximate surface area is 186 Å². The predicted octanol–water partition coefficient (Wildman–Crippen LogP) is 4.93. The van der Waals surface area contributed by atoms with Crippen molar-refractivity contribution in [2.75, 3.05) is 11.9 Å². The summed E-state index contributed by atoms with van der Waals surface area (Å²) in [5, 5.41) is 3.13. The van der Waals surface area contributed by atoms with Crippen molar-refractivity contribution in [1.29, 1.82) is 0 Å². The van der Waals surface area contributed by atoms with Crippen LogP contribution in [-0.2, 0) is 21.4 Å². The van der Waals surface area contributed by atoms with Crippen molar-refractivity contribution < 1.29 is 17.6 Å². The number of nitrogens with one attached hydrogen (secondary N) is 1. The molecule has 1 amide bonds. The Bertz CT molecular complexity index is 1200. The third-order valence-electron chi connectivity index (χ3n) is 4.76. The lowest BCUT2D eigenvalue weighted by molar-refractivity contribution is -0.116. The molecule has 0 saturated heterocycles. The van der Waals surface area contributed by atoms with Crippen LogP contribution in [0.3, 0.4) is 0 Å². The number of hydrogen-bond donors (Lipinski definition) is 1. The third kappa shape index (κ3) is 5.70. The lowest BCUT2D eigenvalue weighted by atomic mass is 10.2. The Balaban J connectivity index is 1.91. The van der Waals surface area contributed by atoms with Crippen LogP contribution < -0.4 is 5.32 Å². The molecule has 0 radical (unpaired) electrons. The van der Waals surface area contributed by atoms with E-state index in [1.165, 1.54) is 30.3 Å². The Morgan fingerprint density at radius 1 is 1.03 bits per heavy atom. The van der Waals surface area contributed by atoms with Gasteiger partial charge < -0.3 is 5.32 Å². The molecule has 0 fully saturated rings. The molecular weight excluding hydrogens is 439 g/mol. The van der Waals surface area contributed by atoms with Crippen molar-refractivity contribution in [3.05, 3.63) is 94.3 Å². The molecule has 0 spiro atoms. The number of carbonyl (C=O) groups is 1. The second kappa shape index (κ2) is 9.60. The van der Waals surface area contributed by atoms with Gasteiger partial charge in [-0.05, 0) is 49.7 Å². The maximum Gasteiger partial charge on any atom is 0.243 e. The van der Waals surface area contributed by atoms with Gasteiger partial charge in [-0.25, -0.2) is 12.8 Å². The summed E-state index contributed by atoms with van der Waals surface area (Å²) in [5.74, 6) is -1.10. The molecule has 5 nitrogen and oxygen atoms in total. The molecule has 0 atom stereocenters. The van der Waals surface area contributed by atoms with Crippen LogP contribution >= 0.6 is 11.6 Å². The zero-order valence-corrected chi connectivity index (χ0v) is 18.7. The minimum atomic E-state index is -4.06. The molecule has 0 aromatic heterocycles. The zero-order chi connectivity index (χ0) is 22.6. The average molecular weight is 461 g/mol. The maximum atomic E-state index is 14.2. The van der Waals surface area contributed by atoms with Crippen LogP contribution in [0.5, 0.6) is 0 Å². The Morgan fingerprint density at radius 2 is 1.71 bits per heavy atom. The van der Waals surface area contributed by atoms with Gasteiger partial charge in [-0.1, -0.05) is 53.6 Å². The molecule has 3 aromatic rings. The lowest BCUT2D eigenvalue weighted by Gasteiger charge is -2.22. The lowest BCUT2D eigenvalue weighted by Crippen LogP contribution is -2.37. The van der Waals surface area contributed by atoms with E-state index < -0.39 is 28.3 Å². The fourth-order valence-electron chi connectivity index (χ4n) is 2.98. The van der Waals surface area contributed by atoms with Gasteiger partial charge >= 0.3 is 0 Å². The molecule has 0 saturated carbocycles. The number of anilines is 1. The van der Waals surface area contributed by atoms with Gasteiger partial charge in [-0.15, -0.1) is 0 Å².